The van der Waals surface area contributed by atoms with Crippen molar-refractivity contribution in [3.63, 3.8) is 0 Å². The minimum atomic E-state index is -1.01. The van der Waals surface area contributed by atoms with Gasteiger partial charge in [0.25, 0.3) is 0 Å². The summed E-state index contributed by atoms with van der Waals surface area (Å²) in [6.07, 6.45) is 2.51. The van der Waals surface area contributed by atoms with E-state index in [0.717, 1.165) is 18.8 Å². The summed E-state index contributed by atoms with van der Waals surface area (Å²) in [4.78, 5) is 17.2. The molecule has 0 saturated carbocycles. The van der Waals surface area contributed by atoms with Gasteiger partial charge in [-0.15, -0.1) is 11.3 Å². The van der Waals surface area contributed by atoms with E-state index in [0.29, 0.717) is 5.00 Å². The molecule has 2 aromatic rings. The van der Waals surface area contributed by atoms with Crippen LogP contribution in [0.4, 0.5) is 16.4 Å². The van der Waals surface area contributed by atoms with Crippen molar-refractivity contribution in [3.05, 3.63) is 35.5 Å². The van der Waals surface area contributed by atoms with Crippen molar-refractivity contribution in [1.29, 1.82) is 0 Å². The first-order valence-corrected chi connectivity index (χ1v) is 7.41. The van der Waals surface area contributed by atoms with Crippen molar-refractivity contribution in [3.8, 4) is 0 Å². The van der Waals surface area contributed by atoms with E-state index in [4.69, 9.17) is 5.11 Å². The number of rotatable bonds is 4. The summed E-state index contributed by atoms with van der Waals surface area (Å²) in [5, 5.41) is 12.7. The van der Waals surface area contributed by atoms with Gasteiger partial charge in [0.15, 0.2) is 5.69 Å². The number of thiazole rings is 1. The molecule has 6 heteroatoms. The topological polar surface area (TPSA) is 65.5 Å². The van der Waals surface area contributed by atoms with Crippen molar-refractivity contribution in [2.45, 2.75) is 12.8 Å². The lowest BCUT2D eigenvalue weighted by atomic mass is 10.2. The fourth-order valence-electron chi connectivity index (χ4n) is 2.35. The number of anilines is 3. The quantitative estimate of drug-likeness (QED) is 0.905. The number of carboxylic acid groups (broad SMARTS) is 1. The summed E-state index contributed by atoms with van der Waals surface area (Å²) in [6, 6.07) is 8.07. The Labute approximate surface area is 120 Å². The lowest BCUT2D eigenvalue weighted by Crippen LogP contribution is -2.17. The molecule has 1 aliphatic heterocycles. The van der Waals surface area contributed by atoms with Gasteiger partial charge in [-0.05, 0) is 37.1 Å². The predicted molar refractivity (Wildman–Crippen MR) is 80.2 cm³/mol. The Bertz CT molecular complexity index is 603. The number of hydrogen-bond acceptors (Lipinski definition) is 5. The molecule has 5 nitrogen and oxygen atoms in total. The second kappa shape index (κ2) is 5.50. The largest absolute Gasteiger partial charge is 0.476 e. The van der Waals surface area contributed by atoms with Gasteiger partial charge < -0.3 is 15.3 Å². The Morgan fingerprint density at radius 3 is 2.60 bits per heavy atom. The summed E-state index contributed by atoms with van der Waals surface area (Å²) >= 11 is 1.29. The summed E-state index contributed by atoms with van der Waals surface area (Å²) in [5.74, 6) is -1.01. The Morgan fingerprint density at radius 1 is 1.25 bits per heavy atom. The third kappa shape index (κ3) is 2.60. The van der Waals surface area contributed by atoms with Gasteiger partial charge in [-0.3, -0.25) is 0 Å². The Morgan fingerprint density at radius 2 is 1.95 bits per heavy atom. The van der Waals surface area contributed by atoms with Gasteiger partial charge >= 0.3 is 5.97 Å². The monoisotopic (exact) mass is 289 g/mol. The Balaban J connectivity index is 1.74. The number of aromatic nitrogens is 1. The van der Waals surface area contributed by atoms with Crippen LogP contribution < -0.4 is 10.2 Å². The van der Waals surface area contributed by atoms with Crippen molar-refractivity contribution in [2.24, 2.45) is 0 Å². The molecule has 20 heavy (non-hydrogen) atoms. The minimum absolute atomic E-state index is 0.0682. The van der Waals surface area contributed by atoms with E-state index < -0.39 is 5.97 Å². The maximum Gasteiger partial charge on any atom is 0.357 e. The predicted octanol–water partition coefficient (Wildman–Crippen LogP) is 3.19. The van der Waals surface area contributed by atoms with Crippen molar-refractivity contribution in [2.75, 3.05) is 23.3 Å². The van der Waals surface area contributed by atoms with Crippen molar-refractivity contribution < 1.29 is 9.90 Å². The molecule has 104 valence electrons. The summed E-state index contributed by atoms with van der Waals surface area (Å²) in [7, 11) is 0. The van der Waals surface area contributed by atoms with Gasteiger partial charge in [0.1, 0.15) is 5.00 Å². The first kappa shape index (κ1) is 12.9. The zero-order chi connectivity index (χ0) is 13.9. The third-order valence-electron chi connectivity index (χ3n) is 3.37. The number of carbonyl (C=O) groups is 1. The van der Waals surface area contributed by atoms with Gasteiger partial charge in [0.05, 0.1) is 5.51 Å². The highest BCUT2D eigenvalue weighted by Gasteiger charge is 2.14. The lowest BCUT2D eigenvalue weighted by Gasteiger charge is -2.17. The van der Waals surface area contributed by atoms with Crippen LogP contribution in [-0.2, 0) is 0 Å². The van der Waals surface area contributed by atoms with Crippen LogP contribution >= 0.6 is 11.3 Å². The maximum absolute atomic E-state index is 11.0. The molecule has 0 amide bonds. The highest BCUT2D eigenvalue weighted by atomic mass is 32.1. The van der Waals surface area contributed by atoms with E-state index in [1.165, 1.54) is 35.4 Å². The van der Waals surface area contributed by atoms with Crippen LogP contribution in [0.25, 0.3) is 0 Å². The van der Waals surface area contributed by atoms with Crippen LogP contribution in [0.2, 0.25) is 0 Å². The molecule has 1 aromatic heterocycles. The average Bonchev–Trinajstić information content (AvgIpc) is 3.10. The molecule has 3 rings (SSSR count). The fourth-order valence-corrected chi connectivity index (χ4v) is 3.04. The summed E-state index contributed by atoms with van der Waals surface area (Å²) in [6.45, 7) is 2.23. The summed E-state index contributed by atoms with van der Waals surface area (Å²) in [5.41, 5.74) is 3.69. The second-order valence-corrected chi connectivity index (χ2v) is 5.56. The van der Waals surface area contributed by atoms with Crippen LogP contribution in [0.3, 0.4) is 0 Å². The molecule has 1 saturated heterocycles. The van der Waals surface area contributed by atoms with E-state index in [1.807, 2.05) is 12.1 Å². The molecule has 0 spiro atoms. The van der Waals surface area contributed by atoms with Crippen LogP contribution in [-0.4, -0.2) is 29.1 Å². The summed E-state index contributed by atoms with van der Waals surface area (Å²) < 4.78 is 0. The molecule has 2 N–H and O–H groups in total. The van der Waals surface area contributed by atoms with Gasteiger partial charge in [0.2, 0.25) is 0 Å². The molecule has 1 fully saturated rings. The molecular formula is C14H15N3O2S. The number of nitrogens with zero attached hydrogens (tertiary/aromatic N) is 2. The van der Waals surface area contributed by atoms with Crippen LogP contribution in [0.15, 0.2) is 29.8 Å². The molecule has 0 atom stereocenters. The standard InChI is InChI=1S/C14H15N3O2S/c18-14(19)12-13(20-9-15-12)16-10-3-5-11(6-4-10)17-7-1-2-8-17/h3-6,9,16H,1-2,7-8H2,(H,18,19). The van der Waals surface area contributed by atoms with E-state index >= 15 is 0 Å². The van der Waals surface area contributed by atoms with Crippen molar-refractivity contribution >= 4 is 33.7 Å². The van der Waals surface area contributed by atoms with E-state index in [2.05, 4.69) is 27.3 Å². The van der Waals surface area contributed by atoms with Crippen molar-refractivity contribution in [1.82, 2.24) is 4.98 Å². The molecule has 1 aliphatic rings. The number of aromatic carboxylic acids is 1. The van der Waals surface area contributed by atoms with Gasteiger partial charge in [0, 0.05) is 24.5 Å². The van der Waals surface area contributed by atoms with E-state index in [-0.39, 0.29) is 5.69 Å². The number of nitrogens with one attached hydrogen (secondary N) is 1. The lowest BCUT2D eigenvalue weighted by molar-refractivity contribution is 0.0692. The smallest absolute Gasteiger partial charge is 0.357 e. The minimum Gasteiger partial charge on any atom is -0.476 e. The molecular weight excluding hydrogens is 274 g/mol. The van der Waals surface area contributed by atoms with E-state index in [9.17, 15) is 4.79 Å². The number of benzene rings is 1. The first-order chi connectivity index (χ1) is 9.74. The van der Waals surface area contributed by atoms with Crippen LogP contribution in [0.1, 0.15) is 23.3 Å². The Hall–Kier alpha value is -2.08. The fraction of sp³-hybridized carbons (Fsp3) is 0.286. The molecule has 0 radical (unpaired) electrons. The highest BCUT2D eigenvalue weighted by Crippen LogP contribution is 2.27. The normalized spacial score (nSPS) is 14.5. The third-order valence-corrected chi connectivity index (χ3v) is 4.11. The van der Waals surface area contributed by atoms with Crippen LogP contribution in [0, 0.1) is 0 Å². The van der Waals surface area contributed by atoms with E-state index in [1.54, 1.807) is 0 Å². The molecule has 1 aromatic carbocycles. The highest BCUT2D eigenvalue weighted by molar-refractivity contribution is 7.14. The zero-order valence-electron chi connectivity index (χ0n) is 10.9. The average molecular weight is 289 g/mol. The Kier molecular flexibility index (Phi) is 3.56. The molecule has 0 bridgehead atoms. The second-order valence-electron chi connectivity index (χ2n) is 4.70. The molecule has 0 aliphatic carbocycles. The van der Waals surface area contributed by atoms with Gasteiger partial charge in [-0.25, -0.2) is 9.78 Å². The van der Waals surface area contributed by atoms with Crippen LogP contribution in [0.5, 0.6) is 0 Å². The SMILES string of the molecule is O=C(O)c1ncsc1Nc1ccc(N2CCCC2)cc1. The number of hydrogen-bond donors (Lipinski definition) is 2. The first-order valence-electron chi connectivity index (χ1n) is 6.53. The molecule has 2 heterocycles. The van der Waals surface area contributed by atoms with Gasteiger partial charge in [-0.1, -0.05) is 0 Å². The zero-order valence-corrected chi connectivity index (χ0v) is 11.7. The number of carboxylic acids is 1. The molecule has 0 unspecified atom stereocenters. The maximum atomic E-state index is 11.0. The van der Waals surface area contributed by atoms with Gasteiger partial charge in [-0.2, -0.15) is 0 Å².